The summed E-state index contributed by atoms with van der Waals surface area (Å²) in [5.41, 5.74) is 3.21. The van der Waals surface area contributed by atoms with Gasteiger partial charge in [0.2, 0.25) is 0 Å². The van der Waals surface area contributed by atoms with E-state index in [0.717, 1.165) is 16.7 Å². The van der Waals surface area contributed by atoms with Crippen LogP contribution in [0.3, 0.4) is 0 Å². The molecule has 3 aromatic rings. The number of nitro groups is 1. The molecule has 122 valence electrons. The van der Waals surface area contributed by atoms with E-state index in [2.05, 4.69) is 6.07 Å². The molecule has 0 aliphatic carbocycles. The summed E-state index contributed by atoms with van der Waals surface area (Å²) in [5, 5.41) is 20.1. The van der Waals surface area contributed by atoms with Gasteiger partial charge in [-0.25, -0.2) is 0 Å². The fourth-order valence-corrected chi connectivity index (χ4v) is 2.39. The Balaban J connectivity index is 1.88. The lowest BCUT2D eigenvalue weighted by atomic mass is 10.0. The molecule has 0 aliphatic rings. The minimum absolute atomic E-state index is 0.0292. The molecule has 0 amide bonds. The van der Waals surface area contributed by atoms with Gasteiger partial charge >= 0.3 is 0 Å². The largest absolute Gasteiger partial charge is 0.457 e. The molecule has 0 fully saturated rings. The van der Waals surface area contributed by atoms with Crippen molar-refractivity contribution in [1.29, 1.82) is 5.26 Å². The first kappa shape index (κ1) is 16.2. The lowest BCUT2D eigenvalue weighted by Crippen LogP contribution is -1.86. The average molecular weight is 330 g/mol. The van der Waals surface area contributed by atoms with E-state index in [0.29, 0.717) is 17.1 Å². The van der Waals surface area contributed by atoms with Crippen LogP contribution in [0, 0.1) is 28.4 Å². The van der Waals surface area contributed by atoms with Crippen LogP contribution in [-0.4, -0.2) is 4.92 Å². The van der Waals surface area contributed by atoms with Crippen molar-refractivity contribution < 1.29 is 9.34 Å². The highest BCUT2D eigenvalue weighted by atomic mass is 16.6. The van der Waals surface area contributed by atoms with Gasteiger partial charge in [0.15, 0.2) is 0 Å². The minimum atomic E-state index is -0.444. The number of nitriles is 1. The maximum atomic E-state index is 10.7. The van der Waals surface area contributed by atoms with E-state index in [1.165, 1.54) is 12.1 Å². The number of nitrogens with zero attached hydrogens (tertiary/aromatic N) is 2. The topological polar surface area (TPSA) is 80.1 Å². The molecular formula is C20H14N2O3. The van der Waals surface area contributed by atoms with E-state index >= 15 is 0 Å². The SMILES string of the molecule is Cc1ccc(/C(C#N)=C/c2ccc(-c3ccc([N+](=O)[O-])cc3)o2)cc1. The van der Waals surface area contributed by atoms with E-state index in [4.69, 9.17) is 4.42 Å². The molecule has 0 N–H and O–H groups in total. The molecule has 25 heavy (non-hydrogen) atoms. The molecule has 1 heterocycles. The molecule has 1 aromatic heterocycles. The Morgan fingerprint density at radius 3 is 2.36 bits per heavy atom. The van der Waals surface area contributed by atoms with Gasteiger partial charge in [-0.2, -0.15) is 5.26 Å². The quantitative estimate of drug-likeness (QED) is 0.373. The highest BCUT2D eigenvalue weighted by Crippen LogP contribution is 2.26. The Hall–Kier alpha value is -3.65. The molecule has 0 saturated heterocycles. The predicted octanol–water partition coefficient (Wildman–Crippen LogP) is 5.23. The molecule has 0 radical (unpaired) electrons. The molecule has 0 unspecified atom stereocenters. The van der Waals surface area contributed by atoms with E-state index in [1.807, 2.05) is 31.2 Å². The van der Waals surface area contributed by atoms with Crippen LogP contribution in [0.4, 0.5) is 5.69 Å². The second kappa shape index (κ2) is 6.85. The summed E-state index contributed by atoms with van der Waals surface area (Å²) in [5.74, 6) is 1.13. The van der Waals surface area contributed by atoms with Gasteiger partial charge in [0.05, 0.1) is 16.6 Å². The van der Waals surface area contributed by atoms with Crippen molar-refractivity contribution in [2.45, 2.75) is 6.92 Å². The maximum Gasteiger partial charge on any atom is 0.269 e. The van der Waals surface area contributed by atoms with Crippen molar-refractivity contribution in [2.24, 2.45) is 0 Å². The number of furan rings is 1. The van der Waals surface area contributed by atoms with Gasteiger partial charge in [-0.1, -0.05) is 29.8 Å². The Morgan fingerprint density at radius 1 is 1.08 bits per heavy atom. The van der Waals surface area contributed by atoms with E-state index < -0.39 is 4.92 Å². The summed E-state index contributed by atoms with van der Waals surface area (Å²) >= 11 is 0. The third-order valence-electron chi connectivity index (χ3n) is 3.76. The normalized spacial score (nSPS) is 11.1. The molecule has 0 aliphatic heterocycles. The number of non-ortho nitro benzene ring substituents is 1. The van der Waals surface area contributed by atoms with Gasteiger partial charge in [-0.15, -0.1) is 0 Å². The molecule has 3 rings (SSSR count). The summed E-state index contributed by atoms with van der Waals surface area (Å²) in [6.07, 6.45) is 1.68. The number of hydrogen-bond acceptors (Lipinski definition) is 4. The number of allylic oxidation sites excluding steroid dienone is 1. The Labute approximate surface area is 144 Å². The first-order chi connectivity index (χ1) is 12.1. The Bertz CT molecular complexity index is 975. The second-order valence-electron chi connectivity index (χ2n) is 5.54. The standard InChI is InChI=1S/C20H14N2O3/c1-14-2-4-15(5-3-14)17(13-21)12-19-10-11-20(25-19)16-6-8-18(9-7-16)22(23)24/h2-12H,1H3/b17-12+. The highest BCUT2D eigenvalue weighted by Gasteiger charge is 2.09. The second-order valence-corrected chi connectivity index (χ2v) is 5.54. The predicted molar refractivity (Wildman–Crippen MR) is 95.5 cm³/mol. The smallest absolute Gasteiger partial charge is 0.269 e. The Kier molecular flexibility index (Phi) is 4.44. The summed E-state index contributed by atoms with van der Waals surface area (Å²) in [6, 6.07) is 19.5. The van der Waals surface area contributed by atoms with Crippen LogP contribution in [0.15, 0.2) is 65.1 Å². The van der Waals surface area contributed by atoms with Crippen LogP contribution in [0.5, 0.6) is 0 Å². The van der Waals surface area contributed by atoms with E-state index in [1.54, 1.807) is 30.3 Å². The van der Waals surface area contributed by atoms with E-state index in [9.17, 15) is 15.4 Å². The molecule has 0 bridgehead atoms. The molecule has 0 saturated carbocycles. The lowest BCUT2D eigenvalue weighted by Gasteiger charge is -1.99. The summed E-state index contributed by atoms with van der Waals surface area (Å²) < 4.78 is 5.75. The third-order valence-corrected chi connectivity index (χ3v) is 3.76. The van der Waals surface area contributed by atoms with E-state index in [-0.39, 0.29) is 5.69 Å². The van der Waals surface area contributed by atoms with Crippen LogP contribution in [0.25, 0.3) is 23.0 Å². The Morgan fingerprint density at radius 2 is 1.76 bits per heavy atom. The van der Waals surface area contributed by atoms with Gasteiger partial charge in [0.1, 0.15) is 11.5 Å². The number of nitro benzene ring substituents is 1. The van der Waals surface area contributed by atoms with Crippen molar-refractivity contribution in [3.8, 4) is 17.4 Å². The zero-order chi connectivity index (χ0) is 17.8. The number of hydrogen-bond donors (Lipinski definition) is 0. The number of aryl methyl sites for hydroxylation is 1. The summed E-state index contributed by atoms with van der Waals surface area (Å²) in [6.45, 7) is 1.99. The molecule has 5 heteroatoms. The lowest BCUT2D eigenvalue weighted by molar-refractivity contribution is -0.384. The summed E-state index contributed by atoms with van der Waals surface area (Å²) in [7, 11) is 0. The highest BCUT2D eigenvalue weighted by molar-refractivity contribution is 5.88. The van der Waals surface area contributed by atoms with Gasteiger partial charge < -0.3 is 4.42 Å². The van der Waals surface area contributed by atoms with Crippen LogP contribution < -0.4 is 0 Å². The zero-order valence-corrected chi connectivity index (χ0v) is 13.5. The molecule has 0 atom stereocenters. The van der Waals surface area contributed by atoms with Crippen LogP contribution in [0.1, 0.15) is 16.9 Å². The first-order valence-corrected chi connectivity index (χ1v) is 7.60. The molecule has 2 aromatic carbocycles. The minimum Gasteiger partial charge on any atom is -0.457 e. The van der Waals surface area contributed by atoms with Gasteiger partial charge in [0.25, 0.3) is 5.69 Å². The molecular weight excluding hydrogens is 316 g/mol. The van der Waals surface area contributed by atoms with Crippen molar-refractivity contribution >= 4 is 17.3 Å². The van der Waals surface area contributed by atoms with Crippen LogP contribution in [-0.2, 0) is 0 Å². The zero-order valence-electron chi connectivity index (χ0n) is 13.5. The fraction of sp³-hybridized carbons (Fsp3) is 0.0500. The average Bonchev–Trinajstić information content (AvgIpc) is 3.09. The maximum absolute atomic E-state index is 10.7. The van der Waals surface area contributed by atoms with Gasteiger partial charge in [-0.05, 0) is 42.8 Å². The third kappa shape index (κ3) is 3.65. The van der Waals surface area contributed by atoms with Crippen molar-refractivity contribution in [2.75, 3.05) is 0 Å². The monoisotopic (exact) mass is 330 g/mol. The van der Waals surface area contributed by atoms with Gasteiger partial charge in [-0.3, -0.25) is 10.1 Å². The van der Waals surface area contributed by atoms with Crippen molar-refractivity contribution in [3.63, 3.8) is 0 Å². The molecule has 0 spiro atoms. The summed E-state index contributed by atoms with van der Waals surface area (Å²) in [4.78, 5) is 10.3. The van der Waals surface area contributed by atoms with Gasteiger partial charge in [0, 0.05) is 17.7 Å². The van der Waals surface area contributed by atoms with Crippen LogP contribution >= 0.6 is 0 Å². The fourth-order valence-electron chi connectivity index (χ4n) is 2.39. The number of rotatable bonds is 4. The van der Waals surface area contributed by atoms with Crippen LogP contribution in [0.2, 0.25) is 0 Å². The molecule has 5 nitrogen and oxygen atoms in total. The first-order valence-electron chi connectivity index (χ1n) is 7.60. The number of benzene rings is 2. The van der Waals surface area contributed by atoms with Crippen molar-refractivity contribution in [1.82, 2.24) is 0 Å². The van der Waals surface area contributed by atoms with Crippen molar-refractivity contribution in [3.05, 3.63) is 87.7 Å².